The molecule has 0 saturated heterocycles. The van der Waals surface area contributed by atoms with Gasteiger partial charge in [-0.25, -0.2) is 4.98 Å². The summed E-state index contributed by atoms with van der Waals surface area (Å²) in [6.45, 7) is 12.9. The lowest BCUT2D eigenvalue weighted by molar-refractivity contribution is 0.544. The topological polar surface area (TPSA) is 16.1 Å². The van der Waals surface area contributed by atoms with Crippen LogP contribution in [-0.2, 0) is 5.88 Å². The van der Waals surface area contributed by atoms with E-state index in [4.69, 9.17) is 16.6 Å². The molecule has 0 aromatic carbocycles. The minimum Gasteiger partial charge on any atom is -0.356 e. The number of hydrogen-bond donors (Lipinski definition) is 0. The molecule has 18 heavy (non-hydrogen) atoms. The zero-order chi connectivity index (χ0) is 13.7. The molecule has 1 unspecified atom stereocenters. The third-order valence-corrected chi connectivity index (χ3v) is 3.76. The normalized spacial score (nSPS) is 12.6. The van der Waals surface area contributed by atoms with Crippen LogP contribution in [-0.4, -0.2) is 18.1 Å². The number of nitrogens with zero attached hydrogens (tertiary/aromatic N) is 2. The number of anilines is 1. The molecule has 102 valence electrons. The zero-order valence-corrected chi connectivity index (χ0v) is 13.0. The highest BCUT2D eigenvalue weighted by atomic mass is 35.5. The molecule has 0 amide bonds. The molecule has 0 fully saturated rings. The van der Waals surface area contributed by atoms with Crippen LogP contribution in [0, 0.1) is 19.8 Å². The lowest BCUT2D eigenvalue weighted by Gasteiger charge is -2.28. The van der Waals surface area contributed by atoms with Crippen molar-refractivity contribution in [1.82, 2.24) is 4.98 Å². The van der Waals surface area contributed by atoms with Crippen molar-refractivity contribution in [2.75, 3.05) is 18.0 Å². The van der Waals surface area contributed by atoms with Gasteiger partial charge in [-0.15, -0.1) is 11.6 Å². The van der Waals surface area contributed by atoms with Crippen molar-refractivity contribution in [2.24, 2.45) is 5.92 Å². The van der Waals surface area contributed by atoms with E-state index in [2.05, 4.69) is 38.7 Å². The Morgan fingerprint density at radius 1 is 1.33 bits per heavy atom. The number of halogens is 1. The SMILES string of the molecule is CCC(C)CN(CC)c1nc(C)cc(C)c1CCl. The van der Waals surface area contributed by atoms with Crippen LogP contribution in [0.5, 0.6) is 0 Å². The van der Waals surface area contributed by atoms with Gasteiger partial charge in [0.05, 0.1) is 5.88 Å². The molecular weight excluding hydrogens is 244 g/mol. The van der Waals surface area contributed by atoms with Crippen molar-refractivity contribution in [3.05, 3.63) is 22.9 Å². The van der Waals surface area contributed by atoms with Crippen LogP contribution in [0.25, 0.3) is 0 Å². The van der Waals surface area contributed by atoms with Crippen molar-refractivity contribution in [3.8, 4) is 0 Å². The lowest BCUT2D eigenvalue weighted by atomic mass is 10.1. The van der Waals surface area contributed by atoms with Crippen LogP contribution < -0.4 is 4.90 Å². The van der Waals surface area contributed by atoms with E-state index >= 15 is 0 Å². The standard InChI is InChI=1S/C15H25ClN2/c1-6-11(3)10-18(7-2)15-14(9-16)12(4)8-13(5)17-15/h8,11H,6-7,9-10H2,1-5H3. The number of rotatable bonds is 6. The Balaban J connectivity index is 3.11. The van der Waals surface area contributed by atoms with Gasteiger partial charge in [-0.05, 0) is 38.3 Å². The summed E-state index contributed by atoms with van der Waals surface area (Å²) in [7, 11) is 0. The molecule has 1 atom stereocenters. The molecule has 1 heterocycles. The van der Waals surface area contributed by atoms with Crippen LogP contribution in [0.2, 0.25) is 0 Å². The van der Waals surface area contributed by atoms with Crippen LogP contribution >= 0.6 is 11.6 Å². The largest absolute Gasteiger partial charge is 0.356 e. The maximum atomic E-state index is 6.09. The molecule has 0 N–H and O–H groups in total. The molecule has 1 rings (SSSR count). The van der Waals surface area contributed by atoms with E-state index < -0.39 is 0 Å². The second-order valence-corrected chi connectivity index (χ2v) is 5.34. The molecule has 2 nitrogen and oxygen atoms in total. The van der Waals surface area contributed by atoms with E-state index in [1.165, 1.54) is 17.5 Å². The Hall–Kier alpha value is -0.760. The van der Waals surface area contributed by atoms with Gasteiger partial charge in [0.1, 0.15) is 5.82 Å². The fraction of sp³-hybridized carbons (Fsp3) is 0.667. The lowest BCUT2D eigenvalue weighted by Crippen LogP contribution is -2.30. The molecule has 0 aliphatic rings. The molecule has 0 aliphatic heterocycles. The van der Waals surface area contributed by atoms with Crippen molar-refractivity contribution >= 4 is 17.4 Å². The maximum Gasteiger partial charge on any atom is 0.133 e. The summed E-state index contributed by atoms with van der Waals surface area (Å²) >= 11 is 6.09. The summed E-state index contributed by atoms with van der Waals surface area (Å²) in [5, 5.41) is 0. The van der Waals surface area contributed by atoms with Crippen LogP contribution in [0.3, 0.4) is 0 Å². The van der Waals surface area contributed by atoms with E-state index in [1.807, 2.05) is 6.92 Å². The van der Waals surface area contributed by atoms with Crippen LogP contribution in [0.15, 0.2) is 6.07 Å². The summed E-state index contributed by atoms with van der Waals surface area (Å²) in [5.41, 5.74) is 3.49. The Morgan fingerprint density at radius 3 is 2.50 bits per heavy atom. The second-order valence-electron chi connectivity index (χ2n) is 5.07. The highest BCUT2D eigenvalue weighted by Gasteiger charge is 2.15. The van der Waals surface area contributed by atoms with Gasteiger partial charge in [0.2, 0.25) is 0 Å². The average molecular weight is 269 g/mol. The van der Waals surface area contributed by atoms with E-state index in [-0.39, 0.29) is 0 Å². The van der Waals surface area contributed by atoms with E-state index in [0.29, 0.717) is 11.8 Å². The number of pyridine rings is 1. The first-order chi connectivity index (χ1) is 8.53. The second kappa shape index (κ2) is 6.98. The summed E-state index contributed by atoms with van der Waals surface area (Å²) in [6, 6.07) is 2.11. The summed E-state index contributed by atoms with van der Waals surface area (Å²) in [5.74, 6) is 2.28. The highest BCUT2D eigenvalue weighted by Crippen LogP contribution is 2.25. The molecule has 0 spiro atoms. The fourth-order valence-electron chi connectivity index (χ4n) is 2.14. The Labute approximate surface area is 116 Å². The fourth-order valence-corrected chi connectivity index (χ4v) is 2.47. The first-order valence-electron chi connectivity index (χ1n) is 6.81. The Morgan fingerprint density at radius 2 is 2.00 bits per heavy atom. The Bertz CT molecular complexity index is 390. The first-order valence-corrected chi connectivity index (χ1v) is 7.34. The molecule has 3 heteroatoms. The summed E-state index contributed by atoms with van der Waals surface area (Å²) < 4.78 is 0. The van der Waals surface area contributed by atoms with E-state index in [0.717, 1.165) is 24.6 Å². The molecule has 0 saturated carbocycles. The van der Waals surface area contributed by atoms with Crippen molar-refractivity contribution < 1.29 is 0 Å². The number of alkyl halides is 1. The average Bonchev–Trinajstić information content (AvgIpc) is 2.34. The van der Waals surface area contributed by atoms with Crippen molar-refractivity contribution in [2.45, 2.75) is 46.9 Å². The predicted molar refractivity (Wildman–Crippen MR) is 80.6 cm³/mol. The van der Waals surface area contributed by atoms with Crippen molar-refractivity contribution in [3.63, 3.8) is 0 Å². The van der Waals surface area contributed by atoms with Gasteiger partial charge in [-0.3, -0.25) is 0 Å². The minimum absolute atomic E-state index is 0.533. The smallest absolute Gasteiger partial charge is 0.133 e. The zero-order valence-electron chi connectivity index (χ0n) is 12.3. The number of aromatic nitrogens is 1. The van der Waals surface area contributed by atoms with E-state index in [9.17, 15) is 0 Å². The minimum atomic E-state index is 0.533. The molecule has 0 bridgehead atoms. The third kappa shape index (κ3) is 3.61. The molecule has 1 aromatic heterocycles. The predicted octanol–water partition coefficient (Wildman–Crippen LogP) is 4.31. The summed E-state index contributed by atoms with van der Waals surface area (Å²) in [4.78, 5) is 7.06. The van der Waals surface area contributed by atoms with Crippen LogP contribution in [0.1, 0.15) is 44.0 Å². The Kier molecular flexibility index (Phi) is 5.94. The van der Waals surface area contributed by atoms with Gasteiger partial charge >= 0.3 is 0 Å². The molecular formula is C15H25ClN2. The molecule has 0 aliphatic carbocycles. The summed E-state index contributed by atoms with van der Waals surface area (Å²) in [6.07, 6.45) is 1.19. The van der Waals surface area contributed by atoms with Crippen LogP contribution in [0.4, 0.5) is 5.82 Å². The van der Waals surface area contributed by atoms with E-state index in [1.54, 1.807) is 0 Å². The first kappa shape index (κ1) is 15.3. The highest BCUT2D eigenvalue weighted by molar-refractivity contribution is 6.17. The van der Waals surface area contributed by atoms with Crippen molar-refractivity contribution in [1.29, 1.82) is 0 Å². The maximum absolute atomic E-state index is 6.09. The van der Waals surface area contributed by atoms with Gasteiger partial charge in [0, 0.05) is 24.3 Å². The number of aryl methyl sites for hydroxylation is 2. The van der Waals surface area contributed by atoms with Gasteiger partial charge in [-0.1, -0.05) is 20.3 Å². The monoisotopic (exact) mass is 268 g/mol. The molecule has 0 radical (unpaired) electrons. The van der Waals surface area contributed by atoms with Gasteiger partial charge in [0.25, 0.3) is 0 Å². The molecule has 1 aromatic rings. The number of hydrogen-bond acceptors (Lipinski definition) is 2. The van der Waals surface area contributed by atoms with Gasteiger partial charge in [0.15, 0.2) is 0 Å². The quantitative estimate of drug-likeness (QED) is 0.715. The van der Waals surface area contributed by atoms with Gasteiger partial charge < -0.3 is 4.90 Å². The van der Waals surface area contributed by atoms with Gasteiger partial charge in [-0.2, -0.15) is 0 Å². The third-order valence-electron chi connectivity index (χ3n) is 3.50.